The molecule has 0 radical (unpaired) electrons. The van der Waals surface area contributed by atoms with Crippen LogP contribution < -0.4 is 10.0 Å². The molecule has 0 atom stereocenters. The zero-order valence-electron chi connectivity index (χ0n) is 11.4. The molecule has 0 aliphatic rings. The van der Waals surface area contributed by atoms with Crippen LogP contribution in [-0.2, 0) is 23.6 Å². The Labute approximate surface area is 117 Å². The highest BCUT2D eigenvalue weighted by atomic mass is 32.2. The highest BCUT2D eigenvalue weighted by Crippen LogP contribution is 2.15. The van der Waals surface area contributed by atoms with Gasteiger partial charge in [-0.05, 0) is 13.0 Å². The van der Waals surface area contributed by atoms with Crippen molar-refractivity contribution in [3.05, 3.63) is 24.0 Å². The molecule has 0 spiro atoms. The van der Waals surface area contributed by atoms with E-state index in [0.717, 1.165) is 13.0 Å². The molecular weight excluding hydrogens is 280 g/mol. The van der Waals surface area contributed by atoms with Crippen LogP contribution in [0.5, 0.6) is 0 Å². The lowest BCUT2D eigenvalue weighted by Crippen LogP contribution is -2.19. The molecule has 0 unspecified atom stereocenters. The molecule has 2 rings (SSSR count). The van der Waals surface area contributed by atoms with Gasteiger partial charge in [-0.1, -0.05) is 6.92 Å². The van der Waals surface area contributed by atoms with Crippen LogP contribution in [0.3, 0.4) is 0 Å². The number of aryl methyl sites for hydroxylation is 1. The minimum absolute atomic E-state index is 0.0618. The number of nitrogens with zero attached hydrogens (tertiary/aromatic N) is 3. The summed E-state index contributed by atoms with van der Waals surface area (Å²) in [6, 6.07) is 1.59. The summed E-state index contributed by atoms with van der Waals surface area (Å²) in [5.74, 6) is 0.273. The Balaban J connectivity index is 2.15. The van der Waals surface area contributed by atoms with Crippen LogP contribution in [0, 0.1) is 0 Å². The number of aromatic nitrogens is 4. The predicted octanol–water partition coefficient (Wildman–Crippen LogP) is 0.444. The Kier molecular flexibility index (Phi) is 4.40. The maximum Gasteiger partial charge on any atom is 0.280 e. The van der Waals surface area contributed by atoms with Crippen LogP contribution in [-0.4, -0.2) is 34.9 Å². The minimum atomic E-state index is -3.71. The van der Waals surface area contributed by atoms with Crippen LogP contribution >= 0.6 is 0 Å². The van der Waals surface area contributed by atoms with E-state index in [1.165, 1.54) is 10.9 Å². The first-order valence-electron chi connectivity index (χ1n) is 6.28. The molecule has 20 heavy (non-hydrogen) atoms. The van der Waals surface area contributed by atoms with Crippen molar-refractivity contribution in [3.63, 3.8) is 0 Å². The lowest BCUT2D eigenvalue weighted by Gasteiger charge is -2.06. The summed E-state index contributed by atoms with van der Waals surface area (Å²) >= 11 is 0. The van der Waals surface area contributed by atoms with E-state index in [1.807, 2.05) is 6.92 Å². The lowest BCUT2D eigenvalue weighted by atomic mass is 10.3. The van der Waals surface area contributed by atoms with E-state index in [0.29, 0.717) is 12.1 Å². The van der Waals surface area contributed by atoms with Gasteiger partial charge in [-0.25, -0.2) is 0 Å². The number of anilines is 1. The molecule has 2 heterocycles. The average molecular weight is 298 g/mol. The summed E-state index contributed by atoms with van der Waals surface area (Å²) in [5.41, 5.74) is 0.599. The molecule has 0 aliphatic heterocycles. The Bertz CT molecular complexity index is 660. The van der Waals surface area contributed by atoms with Crippen LogP contribution in [0.1, 0.15) is 18.9 Å². The van der Waals surface area contributed by atoms with Gasteiger partial charge in [-0.3, -0.25) is 14.5 Å². The van der Waals surface area contributed by atoms with Crippen molar-refractivity contribution >= 4 is 15.8 Å². The summed E-state index contributed by atoms with van der Waals surface area (Å²) in [4.78, 5) is 0. The van der Waals surface area contributed by atoms with Gasteiger partial charge in [0.05, 0.1) is 6.20 Å². The van der Waals surface area contributed by atoms with E-state index in [9.17, 15) is 8.42 Å². The molecule has 0 saturated heterocycles. The third-order valence-electron chi connectivity index (χ3n) is 2.64. The average Bonchev–Trinajstić information content (AvgIpc) is 2.99. The maximum atomic E-state index is 12.3. The van der Waals surface area contributed by atoms with E-state index in [1.54, 1.807) is 19.3 Å². The van der Waals surface area contributed by atoms with Crippen LogP contribution in [0.2, 0.25) is 0 Å². The van der Waals surface area contributed by atoms with Gasteiger partial charge < -0.3 is 5.32 Å². The van der Waals surface area contributed by atoms with Crippen LogP contribution in [0.4, 0.5) is 5.82 Å². The zero-order valence-corrected chi connectivity index (χ0v) is 12.2. The summed E-state index contributed by atoms with van der Waals surface area (Å²) in [6.07, 6.45) is 4.15. The molecular formula is C11H18N6O2S. The van der Waals surface area contributed by atoms with E-state index in [2.05, 4.69) is 25.3 Å². The number of aromatic amines is 1. The fourth-order valence-electron chi connectivity index (χ4n) is 1.72. The second-order valence-electron chi connectivity index (χ2n) is 4.38. The molecule has 0 aliphatic carbocycles. The normalized spacial score (nSPS) is 11.7. The van der Waals surface area contributed by atoms with E-state index >= 15 is 0 Å². The Morgan fingerprint density at radius 2 is 2.25 bits per heavy atom. The fraction of sp³-hybridized carbons (Fsp3) is 0.455. The number of sulfonamides is 1. The second-order valence-corrected chi connectivity index (χ2v) is 6.00. The number of hydrogen-bond acceptors (Lipinski definition) is 5. The Morgan fingerprint density at radius 3 is 2.90 bits per heavy atom. The monoisotopic (exact) mass is 298 g/mol. The van der Waals surface area contributed by atoms with Crippen molar-refractivity contribution in [3.8, 4) is 0 Å². The van der Waals surface area contributed by atoms with Crippen molar-refractivity contribution in [2.24, 2.45) is 7.05 Å². The van der Waals surface area contributed by atoms with Gasteiger partial charge in [0.15, 0.2) is 10.8 Å². The van der Waals surface area contributed by atoms with Crippen molar-refractivity contribution < 1.29 is 8.42 Å². The highest BCUT2D eigenvalue weighted by molar-refractivity contribution is 7.92. The summed E-state index contributed by atoms with van der Waals surface area (Å²) < 4.78 is 28.5. The molecule has 0 fully saturated rings. The van der Waals surface area contributed by atoms with Crippen molar-refractivity contribution in [2.75, 3.05) is 11.3 Å². The smallest absolute Gasteiger partial charge is 0.280 e. The topological polar surface area (TPSA) is 105 Å². The van der Waals surface area contributed by atoms with E-state index in [4.69, 9.17) is 0 Å². The van der Waals surface area contributed by atoms with Gasteiger partial charge in [-0.15, -0.1) is 0 Å². The number of nitrogens with one attached hydrogen (secondary N) is 3. The minimum Gasteiger partial charge on any atom is -0.313 e. The first-order valence-corrected chi connectivity index (χ1v) is 7.76. The third kappa shape index (κ3) is 3.36. The van der Waals surface area contributed by atoms with Gasteiger partial charge in [0, 0.05) is 31.4 Å². The maximum absolute atomic E-state index is 12.3. The predicted molar refractivity (Wildman–Crippen MR) is 74.6 cm³/mol. The Morgan fingerprint density at radius 1 is 1.45 bits per heavy atom. The first kappa shape index (κ1) is 14.5. The fourth-order valence-corrected chi connectivity index (χ4v) is 2.85. The standard InChI is InChI=1S/C11H18N6O2S/c1-3-5-12-7-9-8-13-14-11(9)20(18,19)16-10-4-6-17(2)15-10/h4,6,8,12H,3,5,7H2,1-2H3,(H,13,14)(H,15,16). The quantitative estimate of drug-likeness (QED) is 0.643. The van der Waals surface area contributed by atoms with Gasteiger partial charge in [0.2, 0.25) is 0 Å². The van der Waals surface area contributed by atoms with Crippen LogP contribution in [0.25, 0.3) is 0 Å². The van der Waals surface area contributed by atoms with E-state index in [-0.39, 0.29) is 10.8 Å². The summed E-state index contributed by atoms with van der Waals surface area (Å²) in [7, 11) is -1.99. The molecule has 0 amide bonds. The van der Waals surface area contributed by atoms with Crippen molar-refractivity contribution in [1.29, 1.82) is 0 Å². The summed E-state index contributed by atoms with van der Waals surface area (Å²) in [6.45, 7) is 3.31. The molecule has 2 aromatic rings. The molecule has 0 bridgehead atoms. The zero-order chi connectivity index (χ0) is 14.6. The molecule has 9 heteroatoms. The third-order valence-corrected chi connectivity index (χ3v) is 4.01. The first-order chi connectivity index (χ1) is 9.53. The molecule has 3 N–H and O–H groups in total. The molecule has 110 valence electrons. The summed E-state index contributed by atoms with van der Waals surface area (Å²) in [5, 5.41) is 13.5. The molecule has 8 nitrogen and oxygen atoms in total. The van der Waals surface area contributed by atoms with Gasteiger partial charge in [0.25, 0.3) is 10.0 Å². The number of H-pyrrole nitrogens is 1. The number of hydrogen-bond donors (Lipinski definition) is 3. The molecule has 0 aromatic carbocycles. The van der Waals surface area contributed by atoms with Gasteiger partial charge >= 0.3 is 0 Å². The van der Waals surface area contributed by atoms with Gasteiger partial charge in [0.1, 0.15) is 0 Å². The lowest BCUT2D eigenvalue weighted by molar-refractivity contribution is 0.593. The second kappa shape index (κ2) is 6.06. The molecule has 2 aromatic heterocycles. The Hall–Kier alpha value is -1.87. The van der Waals surface area contributed by atoms with Crippen LogP contribution in [0.15, 0.2) is 23.5 Å². The van der Waals surface area contributed by atoms with Crippen molar-refractivity contribution in [2.45, 2.75) is 24.9 Å². The largest absolute Gasteiger partial charge is 0.313 e. The number of rotatable bonds is 7. The molecule has 0 saturated carbocycles. The SMILES string of the molecule is CCCNCc1cn[nH]c1S(=O)(=O)Nc1ccn(C)n1. The van der Waals surface area contributed by atoms with Gasteiger partial charge in [-0.2, -0.15) is 18.6 Å². The van der Waals surface area contributed by atoms with E-state index < -0.39 is 10.0 Å². The van der Waals surface area contributed by atoms with Crippen molar-refractivity contribution in [1.82, 2.24) is 25.3 Å². The highest BCUT2D eigenvalue weighted by Gasteiger charge is 2.21.